The second-order valence-electron chi connectivity index (χ2n) is 2.28. The first-order valence-electron chi connectivity index (χ1n) is 3.36. The molecule has 0 aliphatic carbocycles. The van der Waals surface area contributed by atoms with Crippen molar-refractivity contribution in [1.82, 2.24) is 4.98 Å². The number of halogens is 4. The minimum absolute atomic E-state index is 0.304. The number of rotatable bonds is 1. The average molecular weight is 211 g/mol. The van der Waals surface area contributed by atoms with E-state index in [4.69, 9.17) is 11.6 Å². The molecule has 0 bridgehead atoms. The minimum Gasteiger partial charge on any atom is -0.373 e. The summed E-state index contributed by atoms with van der Waals surface area (Å²) in [6.45, 7) is 0. The largest absolute Gasteiger partial charge is 0.419 e. The Bertz CT molecular complexity index is 311. The molecule has 1 heterocycles. The number of hydrogen-bond acceptors (Lipinski definition) is 2. The van der Waals surface area contributed by atoms with Crippen LogP contribution in [-0.4, -0.2) is 12.0 Å². The van der Waals surface area contributed by atoms with Gasteiger partial charge >= 0.3 is 6.18 Å². The third kappa shape index (κ3) is 2.24. The molecule has 0 unspecified atom stereocenters. The summed E-state index contributed by atoms with van der Waals surface area (Å²) in [7, 11) is 1.55. The number of nitrogens with one attached hydrogen (secondary N) is 1. The third-order valence-corrected chi connectivity index (χ3v) is 1.70. The second kappa shape index (κ2) is 3.41. The predicted molar refractivity (Wildman–Crippen MR) is 43.8 cm³/mol. The third-order valence-electron chi connectivity index (χ3n) is 1.41. The summed E-state index contributed by atoms with van der Waals surface area (Å²) in [5.74, 6) is 0.304. The summed E-state index contributed by atoms with van der Waals surface area (Å²) in [5, 5.41) is 2.04. The van der Waals surface area contributed by atoms with Crippen LogP contribution < -0.4 is 5.32 Å². The molecule has 1 N–H and O–H groups in total. The molecule has 2 nitrogen and oxygen atoms in total. The van der Waals surface area contributed by atoms with Gasteiger partial charge in [0.15, 0.2) is 0 Å². The number of pyridine rings is 1. The normalized spacial score (nSPS) is 11.5. The molecule has 1 aromatic heterocycles. The summed E-state index contributed by atoms with van der Waals surface area (Å²) >= 11 is 5.32. The Kier molecular flexibility index (Phi) is 2.66. The Morgan fingerprint density at radius 1 is 1.38 bits per heavy atom. The second-order valence-corrected chi connectivity index (χ2v) is 2.64. The van der Waals surface area contributed by atoms with E-state index in [-0.39, 0.29) is 0 Å². The summed E-state index contributed by atoms with van der Waals surface area (Å²) < 4.78 is 36.4. The summed E-state index contributed by atoms with van der Waals surface area (Å²) in [6, 6.07) is 2.11. The highest BCUT2D eigenvalue weighted by molar-refractivity contribution is 6.30. The van der Waals surface area contributed by atoms with Gasteiger partial charge in [0.2, 0.25) is 0 Å². The van der Waals surface area contributed by atoms with Crippen molar-refractivity contribution in [2.45, 2.75) is 6.18 Å². The number of anilines is 1. The molecule has 0 saturated carbocycles. The van der Waals surface area contributed by atoms with Crippen LogP contribution in [0, 0.1) is 0 Å². The smallest absolute Gasteiger partial charge is 0.373 e. The molecule has 0 aliphatic heterocycles. The van der Waals surface area contributed by atoms with Crippen molar-refractivity contribution in [3.63, 3.8) is 0 Å². The van der Waals surface area contributed by atoms with Gasteiger partial charge in [0, 0.05) is 7.05 Å². The van der Waals surface area contributed by atoms with E-state index >= 15 is 0 Å². The van der Waals surface area contributed by atoms with Gasteiger partial charge in [-0.25, -0.2) is 4.98 Å². The molecular weight excluding hydrogens is 205 g/mol. The van der Waals surface area contributed by atoms with Crippen molar-refractivity contribution in [3.05, 3.63) is 22.8 Å². The number of hydrogen-bond donors (Lipinski definition) is 1. The summed E-state index contributed by atoms with van der Waals surface area (Å²) in [5.41, 5.74) is -0.923. The Morgan fingerprint density at radius 3 is 2.38 bits per heavy atom. The SMILES string of the molecule is CNc1ccc(C(F)(F)F)c(Cl)n1. The number of alkyl halides is 3. The minimum atomic E-state index is -4.45. The molecule has 1 rings (SSSR count). The van der Waals surface area contributed by atoms with Crippen LogP contribution in [0.5, 0.6) is 0 Å². The van der Waals surface area contributed by atoms with E-state index in [9.17, 15) is 13.2 Å². The maximum absolute atomic E-state index is 12.1. The number of aromatic nitrogens is 1. The Morgan fingerprint density at radius 2 is 2.00 bits per heavy atom. The van der Waals surface area contributed by atoms with E-state index in [0.717, 1.165) is 6.07 Å². The first-order valence-corrected chi connectivity index (χ1v) is 3.74. The molecule has 72 valence electrons. The lowest BCUT2D eigenvalue weighted by molar-refractivity contribution is -0.137. The van der Waals surface area contributed by atoms with E-state index in [0.29, 0.717) is 5.82 Å². The van der Waals surface area contributed by atoms with Crippen LogP contribution in [0.15, 0.2) is 12.1 Å². The zero-order valence-electron chi connectivity index (χ0n) is 6.61. The molecule has 0 spiro atoms. The molecule has 0 aromatic carbocycles. The van der Waals surface area contributed by atoms with Gasteiger partial charge in [-0.1, -0.05) is 11.6 Å². The van der Waals surface area contributed by atoms with Crippen LogP contribution in [0.3, 0.4) is 0 Å². The monoisotopic (exact) mass is 210 g/mol. The maximum Gasteiger partial charge on any atom is 0.419 e. The van der Waals surface area contributed by atoms with Gasteiger partial charge in [-0.05, 0) is 12.1 Å². The van der Waals surface area contributed by atoms with E-state index < -0.39 is 16.9 Å². The van der Waals surface area contributed by atoms with Crippen LogP contribution in [0.1, 0.15) is 5.56 Å². The lowest BCUT2D eigenvalue weighted by Crippen LogP contribution is -2.07. The quantitative estimate of drug-likeness (QED) is 0.721. The van der Waals surface area contributed by atoms with Gasteiger partial charge < -0.3 is 5.32 Å². The van der Waals surface area contributed by atoms with Crippen molar-refractivity contribution in [2.75, 3.05) is 12.4 Å². The molecule has 13 heavy (non-hydrogen) atoms. The summed E-state index contributed by atoms with van der Waals surface area (Å²) in [4.78, 5) is 3.49. The first-order chi connectivity index (χ1) is 5.95. The Hall–Kier alpha value is -0.970. The average Bonchev–Trinajstić information content (AvgIpc) is 2.01. The Labute approximate surface area is 77.7 Å². The maximum atomic E-state index is 12.1. The highest BCUT2D eigenvalue weighted by Crippen LogP contribution is 2.33. The molecule has 0 amide bonds. The van der Waals surface area contributed by atoms with Gasteiger partial charge in [-0.15, -0.1) is 0 Å². The van der Waals surface area contributed by atoms with Gasteiger partial charge in [0.25, 0.3) is 0 Å². The molecule has 0 radical (unpaired) electrons. The lowest BCUT2D eigenvalue weighted by Gasteiger charge is -2.08. The van der Waals surface area contributed by atoms with Gasteiger partial charge in [-0.2, -0.15) is 13.2 Å². The predicted octanol–water partition coefficient (Wildman–Crippen LogP) is 2.80. The van der Waals surface area contributed by atoms with E-state index in [1.54, 1.807) is 7.05 Å². The van der Waals surface area contributed by atoms with E-state index in [1.165, 1.54) is 6.07 Å². The molecule has 6 heteroatoms. The fraction of sp³-hybridized carbons (Fsp3) is 0.286. The van der Waals surface area contributed by atoms with Crippen LogP contribution >= 0.6 is 11.6 Å². The van der Waals surface area contributed by atoms with E-state index in [2.05, 4.69) is 10.3 Å². The van der Waals surface area contributed by atoms with Crippen LogP contribution in [-0.2, 0) is 6.18 Å². The van der Waals surface area contributed by atoms with Crippen LogP contribution in [0.4, 0.5) is 19.0 Å². The molecule has 0 saturated heterocycles. The van der Waals surface area contributed by atoms with Crippen molar-refractivity contribution in [1.29, 1.82) is 0 Å². The van der Waals surface area contributed by atoms with Crippen molar-refractivity contribution in [3.8, 4) is 0 Å². The van der Waals surface area contributed by atoms with Crippen LogP contribution in [0.25, 0.3) is 0 Å². The standard InChI is InChI=1S/C7H6ClF3N2/c1-12-5-3-2-4(6(8)13-5)7(9,10)11/h2-3H,1H3,(H,12,13). The first kappa shape index (κ1) is 10.1. The van der Waals surface area contributed by atoms with Gasteiger partial charge in [-0.3, -0.25) is 0 Å². The van der Waals surface area contributed by atoms with Crippen molar-refractivity contribution >= 4 is 17.4 Å². The molecule has 0 aliphatic rings. The van der Waals surface area contributed by atoms with Gasteiger partial charge in [0.05, 0.1) is 5.56 Å². The molecule has 0 atom stereocenters. The zero-order chi connectivity index (χ0) is 10.1. The van der Waals surface area contributed by atoms with E-state index in [1.807, 2.05) is 0 Å². The summed E-state index contributed by atoms with van der Waals surface area (Å²) in [6.07, 6.45) is -4.45. The fourth-order valence-electron chi connectivity index (χ4n) is 0.785. The van der Waals surface area contributed by atoms with Crippen molar-refractivity contribution < 1.29 is 13.2 Å². The zero-order valence-corrected chi connectivity index (χ0v) is 7.37. The highest BCUT2D eigenvalue weighted by atomic mass is 35.5. The fourth-order valence-corrected chi connectivity index (χ4v) is 1.05. The van der Waals surface area contributed by atoms with Crippen molar-refractivity contribution in [2.24, 2.45) is 0 Å². The number of nitrogens with zero attached hydrogens (tertiary/aromatic N) is 1. The highest BCUT2D eigenvalue weighted by Gasteiger charge is 2.33. The Balaban J connectivity index is 3.13. The molecule has 1 aromatic rings. The van der Waals surface area contributed by atoms with Gasteiger partial charge in [0.1, 0.15) is 11.0 Å². The topological polar surface area (TPSA) is 24.9 Å². The lowest BCUT2D eigenvalue weighted by atomic mass is 10.3. The van der Waals surface area contributed by atoms with Crippen LogP contribution in [0.2, 0.25) is 5.15 Å². The molecule has 0 fully saturated rings. The molecular formula is C7H6ClF3N2.